The first-order valence-electron chi connectivity index (χ1n) is 12.4. The van der Waals surface area contributed by atoms with Gasteiger partial charge in [0.15, 0.2) is 0 Å². The van der Waals surface area contributed by atoms with Gasteiger partial charge in [0, 0.05) is 30.8 Å². The normalized spacial score (nSPS) is 19.1. The number of carbonyl (C=O) groups is 7. The van der Waals surface area contributed by atoms with Crippen molar-refractivity contribution >= 4 is 58.9 Å². The second-order valence-corrected chi connectivity index (χ2v) is 9.44. The number of anilines is 1. The van der Waals surface area contributed by atoms with Gasteiger partial charge < -0.3 is 25.9 Å². The maximum atomic E-state index is 13.6. The summed E-state index contributed by atoms with van der Waals surface area (Å²) in [4.78, 5) is 90.8. The molecule has 40 heavy (non-hydrogen) atoms. The lowest BCUT2D eigenvalue weighted by Crippen LogP contribution is -2.62. The van der Waals surface area contributed by atoms with Crippen molar-refractivity contribution in [3.63, 3.8) is 0 Å². The first-order valence-corrected chi connectivity index (χ1v) is 12.4. The number of amides is 5. The van der Waals surface area contributed by atoms with Crippen molar-refractivity contribution in [2.24, 2.45) is 4.99 Å². The number of rotatable bonds is 9. The summed E-state index contributed by atoms with van der Waals surface area (Å²) >= 11 is 0. The van der Waals surface area contributed by atoms with Crippen LogP contribution in [-0.2, 0) is 28.8 Å². The standard InChI is InChI=1S/C26H30N6O8/c1-14(2)27-18-7-6-16(11-20(18)28-15(3)34)24(38)30-19-8-9-22(35)31-10-4-5-21(32(31)26(19)40)25(39)29-17(13-33)12-23(36)37/h4,6-7,10-11,13,17,19,21H,5,8-9,12H2,1-3H3,(H,28,34)(H,29,39)(H,30,38)(H,36,37)/t17-,19-,21-/m0/s1. The third kappa shape index (κ3) is 7.15. The van der Waals surface area contributed by atoms with Gasteiger partial charge in [0.25, 0.3) is 11.8 Å². The molecule has 3 atom stereocenters. The molecule has 0 spiro atoms. The average molecular weight is 555 g/mol. The summed E-state index contributed by atoms with van der Waals surface area (Å²) < 4.78 is 0. The summed E-state index contributed by atoms with van der Waals surface area (Å²) in [6.07, 6.45) is 2.28. The molecule has 1 aromatic rings. The molecule has 2 aliphatic rings. The highest BCUT2D eigenvalue weighted by Gasteiger charge is 2.43. The molecule has 1 fully saturated rings. The Labute approximate surface area is 229 Å². The van der Waals surface area contributed by atoms with Gasteiger partial charge in [-0.3, -0.25) is 33.8 Å². The minimum atomic E-state index is -1.33. The van der Waals surface area contributed by atoms with E-state index in [4.69, 9.17) is 5.11 Å². The van der Waals surface area contributed by atoms with E-state index in [0.29, 0.717) is 11.4 Å². The zero-order valence-corrected chi connectivity index (χ0v) is 22.2. The number of aliphatic carboxylic acids is 1. The Kier molecular flexibility index (Phi) is 9.48. The largest absolute Gasteiger partial charge is 0.481 e. The fourth-order valence-electron chi connectivity index (χ4n) is 4.24. The molecule has 2 aliphatic heterocycles. The van der Waals surface area contributed by atoms with Crippen LogP contribution >= 0.6 is 0 Å². The van der Waals surface area contributed by atoms with Crippen LogP contribution in [0.15, 0.2) is 35.5 Å². The molecule has 4 N–H and O–H groups in total. The van der Waals surface area contributed by atoms with Gasteiger partial charge in [0.1, 0.15) is 18.4 Å². The molecule has 5 amide bonds. The van der Waals surface area contributed by atoms with Crippen LogP contribution in [0.1, 0.15) is 56.8 Å². The monoisotopic (exact) mass is 554 g/mol. The van der Waals surface area contributed by atoms with Crippen LogP contribution in [0, 0.1) is 0 Å². The number of carboxylic acid groups (broad SMARTS) is 1. The number of fused-ring (bicyclic) bond motifs is 1. The number of aliphatic imine (C=N–C) groups is 1. The quantitative estimate of drug-likeness (QED) is 0.252. The molecule has 14 nitrogen and oxygen atoms in total. The lowest BCUT2D eigenvalue weighted by atomic mass is 10.1. The SMILES string of the molecule is CC(=O)Nc1cc(C(=O)N[C@H]2CCC(=O)N3C=CC[C@@H](C(=O)N[C@H](C=O)CC(=O)O)N3C2=O)ccc1N=C(C)C. The van der Waals surface area contributed by atoms with Crippen molar-refractivity contribution in [1.29, 1.82) is 0 Å². The van der Waals surface area contributed by atoms with Crippen molar-refractivity contribution in [2.75, 3.05) is 5.32 Å². The van der Waals surface area contributed by atoms with Crippen LogP contribution in [0.5, 0.6) is 0 Å². The predicted molar refractivity (Wildman–Crippen MR) is 141 cm³/mol. The lowest BCUT2D eigenvalue weighted by molar-refractivity contribution is -0.166. The average Bonchev–Trinajstić information content (AvgIpc) is 3.00. The molecule has 0 radical (unpaired) electrons. The molecular weight excluding hydrogens is 524 g/mol. The maximum absolute atomic E-state index is 13.6. The van der Waals surface area contributed by atoms with Gasteiger partial charge >= 0.3 is 5.97 Å². The molecule has 0 aliphatic carbocycles. The van der Waals surface area contributed by atoms with E-state index in [-0.39, 0.29) is 37.0 Å². The number of hydrazine groups is 1. The van der Waals surface area contributed by atoms with Crippen LogP contribution < -0.4 is 16.0 Å². The summed E-state index contributed by atoms with van der Waals surface area (Å²) in [7, 11) is 0. The highest BCUT2D eigenvalue weighted by atomic mass is 16.4. The number of hydrogen-bond acceptors (Lipinski definition) is 8. The van der Waals surface area contributed by atoms with E-state index in [0.717, 1.165) is 15.7 Å². The Morgan fingerprint density at radius 3 is 2.52 bits per heavy atom. The van der Waals surface area contributed by atoms with Crippen molar-refractivity contribution in [3.8, 4) is 0 Å². The molecule has 212 valence electrons. The van der Waals surface area contributed by atoms with Crippen LogP contribution in [0.2, 0.25) is 0 Å². The summed E-state index contributed by atoms with van der Waals surface area (Å²) in [5, 5.41) is 18.4. The first-order chi connectivity index (χ1) is 18.9. The van der Waals surface area contributed by atoms with E-state index in [1.165, 1.54) is 31.3 Å². The molecule has 0 saturated carbocycles. The second kappa shape index (κ2) is 12.8. The molecule has 0 aromatic heterocycles. The van der Waals surface area contributed by atoms with Gasteiger partial charge in [-0.25, -0.2) is 10.0 Å². The number of carbonyl (C=O) groups excluding carboxylic acids is 6. The van der Waals surface area contributed by atoms with Gasteiger partial charge in [-0.1, -0.05) is 6.08 Å². The lowest BCUT2D eigenvalue weighted by Gasteiger charge is -2.39. The van der Waals surface area contributed by atoms with Gasteiger partial charge in [0.05, 0.1) is 23.8 Å². The minimum absolute atomic E-state index is 0.0143. The number of carboxylic acids is 1. The Morgan fingerprint density at radius 2 is 1.90 bits per heavy atom. The van der Waals surface area contributed by atoms with Crippen molar-refractivity contribution in [2.45, 2.75) is 64.6 Å². The first kappa shape index (κ1) is 29.7. The predicted octanol–water partition coefficient (Wildman–Crippen LogP) is 0.666. The smallest absolute Gasteiger partial charge is 0.305 e. The fraction of sp³-hybridized carbons (Fsp3) is 0.385. The summed E-state index contributed by atoms with van der Waals surface area (Å²) in [6.45, 7) is 4.86. The van der Waals surface area contributed by atoms with Crippen LogP contribution in [0.4, 0.5) is 11.4 Å². The van der Waals surface area contributed by atoms with Gasteiger partial charge in [-0.05, 0) is 44.9 Å². The second-order valence-electron chi connectivity index (χ2n) is 9.44. The van der Waals surface area contributed by atoms with Crippen LogP contribution in [0.3, 0.4) is 0 Å². The molecule has 0 bridgehead atoms. The molecule has 3 rings (SSSR count). The molecule has 14 heteroatoms. The van der Waals surface area contributed by atoms with E-state index in [2.05, 4.69) is 20.9 Å². The third-order valence-corrected chi connectivity index (χ3v) is 5.97. The summed E-state index contributed by atoms with van der Waals surface area (Å²) in [5.74, 6) is -4.41. The number of benzene rings is 1. The number of hydrogen-bond donors (Lipinski definition) is 4. The minimum Gasteiger partial charge on any atom is -0.481 e. The van der Waals surface area contributed by atoms with E-state index in [1.54, 1.807) is 19.9 Å². The Morgan fingerprint density at radius 1 is 1.18 bits per heavy atom. The zero-order chi connectivity index (χ0) is 29.6. The van der Waals surface area contributed by atoms with E-state index < -0.39 is 54.1 Å². The van der Waals surface area contributed by atoms with E-state index in [1.807, 2.05) is 0 Å². The maximum Gasteiger partial charge on any atom is 0.305 e. The Hall–Kier alpha value is -4.88. The van der Waals surface area contributed by atoms with Gasteiger partial charge in [-0.15, -0.1) is 0 Å². The van der Waals surface area contributed by atoms with Crippen molar-refractivity contribution in [3.05, 3.63) is 36.0 Å². The molecule has 0 unspecified atom stereocenters. The molecular formula is C26H30N6O8. The molecule has 1 aromatic carbocycles. The van der Waals surface area contributed by atoms with Crippen LogP contribution in [0.25, 0.3) is 0 Å². The zero-order valence-electron chi connectivity index (χ0n) is 22.2. The highest BCUT2D eigenvalue weighted by Crippen LogP contribution is 2.28. The molecule has 2 heterocycles. The van der Waals surface area contributed by atoms with Crippen molar-refractivity contribution in [1.82, 2.24) is 20.7 Å². The number of nitrogens with zero attached hydrogens (tertiary/aromatic N) is 3. The molecule has 1 saturated heterocycles. The number of nitrogens with one attached hydrogen (secondary N) is 3. The number of aldehydes is 1. The summed E-state index contributed by atoms with van der Waals surface area (Å²) in [5.41, 5.74) is 1.56. The van der Waals surface area contributed by atoms with Gasteiger partial charge in [-0.2, -0.15) is 0 Å². The highest BCUT2D eigenvalue weighted by molar-refractivity contribution is 6.02. The summed E-state index contributed by atoms with van der Waals surface area (Å²) in [6, 6.07) is 0.644. The third-order valence-electron chi connectivity index (χ3n) is 5.97. The van der Waals surface area contributed by atoms with Crippen molar-refractivity contribution < 1.29 is 38.7 Å². The Bertz CT molecular complexity index is 1300. The fourth-order valence-corrected chi connectivity index (χ4v) is 4.24. The topological polar surface area (TPSA) is 195 Å². The van der Waals surface area contributed by atoms with E-state index in [9.17, 15) is 33.6 Å². The van der Waals surface area contributed by atoms with Gasteiger partial charge in [0.2, 0.25) is 17.7 Å². The van der Waals surface area contributed by atoms with Crippen LogP contribution in [-0.4, -0.2) is 80.8 Å². The Balaban J connectivity index is 1.86. The van der Waals surface area contributed by atoms with E-state index >= 15 is 0 Å².